The third-order valence-corrected chi connectivity index (χ3v) is 3.49. The van der Waals surface area contributed by atoms with Crippen LogP contribution in [0.2, 0.25) is 0 Å². The van der Waals surface area contributed by atoms with Gasteiger partial charge < -0.3 is 5.11 Å². The molecule has 23 heavy (non-hydrogen) atoms. The number of carbonyl (C=O) groups is 2. The average Bonchev–Trinajstić information content (AvgIpc) is 2.54. The minimum atomic E-state index is -0.453. The van der Waals surface area contributed by atoms with E-state index in [0.717, 1.165) is 4.47 Å². The summed E-state index contributed by atoms with van der Waals surface area (Å²) in [6, 6.07) is 12.4. The van der Waals surface area contributed by atoms with E-state index in [2.05, 4.69) is 32.1 Å². The van der Waals surface area contributed by atoms with E-state index in [0.29, 0.717) is 11.1 Å². The van der Waals surface area contributed by atoms with Crippen LogP contribution in [0.15, 0.2) is 53.0 Å². The monoisotopic (exact) mass is 393 g/mol. The van der Waals surface area contributed by atoms with E-state index in [4.69, 9.17) is 17.3 Å². The minimum Gasteiger partial charge on any atom is -0.508 e. The number of halogens is 1. The fourth-order valence-corrected chi connectivity index (χ4v) is 2.01. The Kier molecular flexibility index (Phi) is 5.67. The molecule has 0 aliphatic heterocycles. The lowest BCUT2D eigenvalue weighted by Crippen LogP contribution is -2.48. The maximum absolute atomic E-state index is 11.9. The first kappa shape index (κ1) is 16.9. The van der Waals surface area contributed by atoms with Gasteiger partial charge in [-0.05, 0) is 60.7 Å². The normalized spacial score (nSPS) is 9.78. The topological polar surface area (TPSA) is 90.5 Å². The van der Waals surface area contributed by atoms with Crippen LogP contribution in [0.5, 0.6) is 5.75 Å². The van der Waals surface area contributed by atoms with E-state index in [1.54, 1.807) is 24.3 Å². The molecule has 118 valence electrons. The highest BCUT2D eigenvalue weighted by atomic mass is 79.9. The molecule has 0 aromatic heterocycles. The summed E-state index contributed by atoms with van der Waals surface area (Å²) in [4.78, 5) is 23.7. The van der Waals surface area contributed by atoms with Crippen molar-refractivity contribution in [1.82, 2.24) is 16.2 Å². The number of thiocarbonyl (C=S) groups is 1. The summed E-state index contributed by atoms with van der Waals surface area (Å²) in [6.07, 6.45) is 0. The number of hydrogen-bond acceptors (Lipinski definition) is 4. The van der Waals surface area contributed by atoms with Crippen molar-refractivity contribution < 1.29 is 14.7 Å². The molecule has 2 amide bonds. The molecule has 0 saturated carbocycles. The Morgan fingerprint density at radius 2 is 1.39 bits per heavy atom. The SMILES string of the molecule is O=C(NNC(=S)NC(=O)c1ccc(Br)cc1)c1ccc(O)cc1. The van der Waals surface area contributed by atoms with E-state index in [1.165, 1.54) is 24.3 Å². The van der Waals surface area contributed by atoms with Crippen LogP contribution in [0.4, 0.5) is 0 Å². The van der Waals surface area contributed by atoms with Gasteiger partial charge in [0.05, 0.1) is 0 Å². The zero-order chi connectivity index (χ0) is 16.8. The Balaban J connectivity index is 1.85. The Labute approximate surface area is 146 Å². The fraction of sp³-hybridized carbons (Fsp3) is 0. The molecule has 6 nitrogen and oxygen atoms in total. The first-order chi connectivity index (χ1) is 11.0. The van der Waals surface area contributed by atoms with Crippen molar-refractivity contribution in [1.29, 1.82) is 0 Å². The minimum absolute atomic E-state index is 0.0370. The lowest BCUT2D eigenvalue weighted by molar-refractivity contribution is 0.0934. The molecule has 0 heterocycles. The van der Waals surface area contributed by atoms with Crippen LogP contribution in [0.1, 0.15) is 20.7 Å². The van der Waals surface area contributed by atoms with Gasteiger partial charge in [0, 0.05) is 15.6 Å². The summed E-state index contributed by atoms with van der Waals surface area (Å²) in [5.41, 5.74) is 5.55. The van der Waals surface area contributed by atoms with Gasteiger partial charge in [0.1, 0.15) is 5.75 Å². The summed E-state index contributed by atoms with van der Waals surface area (Å²) in [5, 5.41) is 11.6. The molecule has 0 bridgehead atoms. The summed E-state index contributed by atoms with van der Waals surface area (Å²) in [7, 11) is 0. The molecule has 8 heteroatoms. The molecule has 2 aromatic carbocycles. The molecule has 4 N–H and O–H groups in total. The van der Waals surface area contributed by atoms with E-state index in [9.17, 15) is 9.59 Å². The number of hydrogen-bond donors (Lipinski definition) is 4. The summed E-state index contributed by atoms with van der Waals surface area (Å²) >= 11 is 8.22. The zero-order valence-electron chi connectivity index (χ0n) is 11.7. The van der Waals surface area contributed by atoms with E-state index in [1.807, 2.05) is 0 Å². The van der Waals surface area contributed by atoms with Crippen molar-refractivity contribution in [2.24, 2.45) is 0 Å². The molecular formula is C15H12BrN3O3S. The zero-order valence-corrected chi connectivity index (χ0v) is 14.1. The van der Waals surface area contributed by atoms with Crippen LogP contribution >= 0.6 is 28.1 Å². The maximum atomic E-state index is 11.9. The van der Waals surface area contributed by atoms with Gasteiger partial charge in [-0.25, -0.2) is 0 Å². The number of rotatable bonds is 2. The Hall–Kier alpha value is -2.45. The Morgan fingerprint density at radius 1 is 0.870 bits per heavy atom. The number of phenolic OH excluding ortho intramolecular Hbond substituents is 1. The largest absolute Gasteiger partial charge is 0.508 e. The van der Waals surface area contributed by atoms with Crippen LogP contribution in [0.25, 0.3) is 0 Å². The second kappa shape index (κ2) is 7.70. The molecule has 0 saturated heterocycles. The smallest absolute Gasteiger partial charge is 0.269 e. The van der Waals surface area contributed by atoms with Gasteiger partial charge in [0.25, 0.3) is 11.8 Å². The maximum Gasteiger partial charge on any atom is 0.269 e. The van der Waals surface area contributed by atoms with Crippen LogP contribution in [-0.4, -0.2) is 22.0 Å². The highest BCUT2D eigenvalue weighted by molar-refractivity contribution is 9.10. The number of hydrazine groups is 1. The van der Waals surface area contributed by atoms with Gasteiger partial charge >= 0.3 is 0 Å². The highest BCUT2D eigenvalue weighted by Gasteiger charge is 2.09. The average molecular weight is 394 g/mol. The molecule has 2 rings (SSSR count). The summed E-state index contributed by atoms with van der Waals surface area (Å²) < 4.78 is 0.857. The fourth-order valence-electron chi connectivity index (χ4n) is 1.61. The van der Waals surface area contributed by atoms with Gasteiger partial charge in [-0.3, -0.25) is 25.8 Å². The first-order valence-electron chi connectivity index (χ1n) is 6.42. The molecule has 0 atom stereocenters. The van der Waals surface area contributed by atoms with E-state index < -0.39 is 11.8 Å². The van der Waals surface area contributed by atoms with E-state index in [-0.39, 0.29) is 10.9 Å². The molecule has 0 fully saturated rings. The standard InChI is InChI=1S/C15H12BrN3O3S/c16-11-5-1-9(2-6-11)13(21)17-15(23)19-18-14(22)10-3-7-12(20)8-4-10/h1-8,20H,(H,18,22)(H2,17,19,21,23). The van der Waals surface area contributed by atoms with Crippen LogP contribution in [-0.2, 0) is 0 Å². The second-order valence-electron chi connectivity index (χ2n) is 4.42. The van der Waals surface area contributed by atoms with Crippen molar-refractivity contribution in [3.63, 3.8) is 0 Å². The predicted octanol–water partition coefficient (Wildman–Crippen LogP) is 2.10. The van der Waals surface area contributed by atoms with Crippen LogP contribution in [0.3, 0.4) is 0 Å². The van der Waals surface area contributed by atoms with Crippen molar-refractivity contribution >= 4 is 45.1 Å². The third-order valence-electron chi connectivity index (χ3n) is 2.75. The number of benzene rings is 2. The summed E-state index contributed by atoms with van der Waals surface area (Å²) in [6.45, 7) is 0. The number of aromatic hydroxyl groups is 1. The molecule has 0 unspecified atom stereocenters. The first-order valence-corrected chi connectivity index (χ1v) is 7.62. The lowest BCUT2D eigenvalue weighted by atomic mass is 10.2. The lowest BCUT2D eigenvalue weighted by Gasteiger charge is -2.11. The van der Waals surface area contributed by atoms with Crippen LogP contribution in [0, 0.1) is 0 Å². The van der Waals surface area contributed by atoms with Gasteiger partial charge in [-0.1, -0.05) is 15.9 Å². The van der Waals surface area contributed by atoms with Crippen molar-refractivity contribution in [2.45, 2.75) is 0 Å². The van der Waals surface area contributed by atoms with Crippen molar-refractivity contribution in [3.8, 4) is 5.75 Å². The second-order valence-corrected chi connectivity index (χ2v) is 5.74. The molecule has 2 aromatic rings. The molecular weight excluding hydrogens is 382 g/mol. The van der Waals surface area contributed by atoms with Crippen molar-refractivity contribution in [3.05, 3.63) is 64.1 Å². The number of amides is 2. The predicted molar refractivity (Wildman–Crippen MR) is 92.9 cm³/mol. The summed E-state index contributed by atoms with van der Waals surface area (Å²) in [5.74, 6) is -0.786. The highest BCUT2D eigenvalue weighted by Crippen LogP contribution is 2.10. The molecule has 0 spiro atoms. The molecule has 0 aliphatic rings. The number of phenols is 1. The molecule has 0 radical (unpaired) electrons. The van der Waals surface area contributed by atoms with Gasteiger partial charge in [-0.15, -0.1) is 0 Å². The van der Waals surface area contributed by atoms with E-state index >= 15 is 0 Å². The Bertz CT molecular complexity index is 733. The van der Waals surface area contributed by atoms with Gasteiger partial charge in [-0.2, -0.15) is 0 Å². The van der Waals surface area contributed by atoms with Crippen LogP contribution < -0.4 is 16.2 Å². The number of carbonyl (C=O) groups excluding carboxylic acids is 2. The van der Waals surface area contributed by atoms with Crippen molar-refractivity contribution in [2.75, 3.05) is 0 Å². The quantitative estimate of drug-likeness (QED) is 0.463. The third kappa shape index (κ3) is 5.04. The number of nitrogens with one attached hydrogen (secondary N) is 3. The van der Waals surface area contributed by atoms with Gasteiger partial charge in [0.2, 0.25) is 0 Å². The van der Waals surface area contributed by atoms with Gasteiger partial charge in [0.15, 0.2) is 5.11 Å². The molecule has 0 aliphatic carbocycles. The Morgan fingerprint density at radius 3 is 2.00 bits per heavy atom.